The van der Waals surface area contributed by atoms with Gasteiger partial charge in [0.15, 0.2) is 5.70 Å². The van der Waals surface area contributed by atoms with Crippen LogP contribution in [0.1, 0.15) is 10.4 Å². The van der Waals surface area contributed by atoms with Crippen molar-refractivity contribution in [1.29, 1.82) is 0 Å². The zero-order valence-electron chi connectivity index (χ0n) is 13.3. The van der Waals surface area contributed by atoms with Crippen LogP contribution in [-0.2, 0) is 14.3 Å². The normalized spacial score (nSPS) is 19.2. The molecule has 25 heavy (non-hydrogen) atoms. The number of morpholine rings is 1. The molecule has 128 valence electrons. The summed E-state index contributed by atoms with van der Waals surface area (Å²) in [6, 6.07) is 11.6. The fourth-order valence-corrected chi connectivity index (χ4v) is 4.06. The molecule has 0 unspecified atom stereocenters. The lowest BCUT2D eigenvalue weighted by Crippen LogP contribution is -2.35. The Morgan fingerprint density at radius 2 is 2.04 bits per heavy atom. The van der Waals surface area contributed by atoms with Gasteiger partial charge in [0.2, 0.25) is 5.90 Å². The monoisotopic (exact) mass is 418 g/mol. The number of hydrogen-bond acceptors (Lipinski definition) is 6. The van der Waals surface area contributed by atoms with Gasteiger partial charge in [0, 0.05) is 28.0 Å². The molecule has 0 bridgehead atoms. The summed E-state index contributed by atoms with van der Waals surface area (Å²) >= 11 is 5.05. The molecule has 1 aromatic carbocycles. The fraction of sp³-hybridized carbons (Fsp3) is 0.222. The number of carbonyl (C=O) groups excluding carboxylic acids is 1. The molecule has 0 radical (unpaired) electrons. The molecule has 0 atom stereocenters. The minimum absolute atomic E-state index is 0.324. The van der Waals surface area contributed by atoms with Gasteiger partial charge < -0.3 is 14.4 Å². The van der Waals surface area contributed by atoms with E-state index in [0.717, 1.165) is 41.2 Å². The number of ether oxygens (including phenoxy) is 2. The van der Waals surface area contributed by atoms with Gasteiger partial charge in [-0.15, -0.1) is 11.3 Å². The van der Waals surface area contributed by atoms with Crippen molar-refractivity contribution in [2.75, 3.05) is 31.2 Å². The fourth-order valence-electron chi connectivity index (χ4n) is 2.66. The first-order valence-electron chi connectivity index (χ1n) is 7.90. The largest absolute Gasteiger partial charge is 0.402 e. The third-order valence-electron chi connectivity index (χ3n) is 3.91. The van der Waals surface area contributed by atoms with Crippen molar-refractivity contribution in [2.24, 2.45) is 4.99 Å². The summed E-state index contributed by atoms with van der Waals surface area (Å²) in [4.78, 5) is 19.7. The lowest BCUT2D eigenvalue weighted by Gasteiger charge is -2.27. The van der Waals surface area contributed by atoms with E-state index in [1.807, 2.05) is 30.3 Å². The van der Waals surface area contributed by atoms with Crippen LogP contribution in [0.15, 0.2) is 51.6 Å². The lowest BCUT2D eigenvalue weighted by molar-refractivity contribution is -0.129. The van der Waals surface area contributed by atoms with Crippen LogP contribution in [0.5, 0.6) is 0 Å². The van der Waals surface area contributed by atoms with Crippen LogP contribution in [0.3, 0.4) is 0 Å². The van der Waals surface area contributed by atoms with Crippen LogP contribution < -0.4 is 4.90 Å². The maximum atomic E-state index is 12.1. The molecule has 1 fully saturated rings. The first kappa shape index (κ1) is 16.5. The zero-order chi connectivity index (χ0) is 17.2. The Morgan fingerprint density at radius 3 is 2.84 bits per heavy atom. The summed E-state index contributed by atoms with van der Waals surface area (Å²) in [5.41, 5.74) is 1.09. The predicted molar refractivity (Wildman–Crippen MR) is 102 cm³/mol. The Labute approximate surface area is 157 Å². The van der Waals surface area contributed by atoms with Crippen molar-refractivity contribution >= 4 is 50.2 Å². The standard InChI is InChI=1S/C18H15BrN2O3S/c19-13-3-1-2-12(10-13)17-20-15(18(22)24-17)11-14-4-5-16(25-14)21-6-8-23-9-7-21/h1-5,10-11H,6-9H2/b15-11+. The smallest absolute Gasteiger partial charge is 0.363 e. The van der Waals surface area contributed by atoms with Crippen molar-refractivity contribution in [3.05, 3.63) is 57.0 Å². The molecule has 2 aliphatic heterocycles. The maximum Gasteiger partial charge on any atom is 0.363 e. The number of nitrogens with zero attached hydrogens (tertiary/aromatic N) is 2. The van der Waals surface area contributed by atoms with Gasteiger partial charge in [0.05, 0.1) is 18.2 Å². The molecule has 0 amide bonds. The highest BCUT2D eigenvalue weighted by atomic mass is 79.9. The number of aliphatic imine (C=N–C) groups is 1. The average Bonchev–Trinajstić information content (AvgIpc) is 3.24. The van der Waals surface area contributed by atoms with E-state index in [4.69, 9.17) is 9.47 Å². The molecule has 1 saturated heterocycles. The van der Waals surface area contributed by atoms with Gasteiger partial charge in [0.1, 0.15) is 0 Å². The average molecular weight is 419 g/mol. The van der Waals surface area contributed by atoms with E-state index >= 15 is 0 Å². The Bertz CT molecular complexity index is 869. The Kier molecular flexibility index (Phi) is 4.70. The van der Waals surface area contributed by atoms with Crippen LogP contribution in [-0.4, -0.2) is 38.2 Å². The second-order valence-corrected chi connectivity index (χ2v) is 7.63. The number of hydrogen-bond donors (Lipinski definition) is 0. The molecule has 0 N–H and O–H groups in total. The number of anilines is 1. The number of halogens is 1. The molecule has 5 nitrogen and oxygen atoms in total. The van der Waals surface area contributed by atoms with Crippen LogP contribution in [0.2, 0.25) is 0 Å². The number of benzene rings is 1. The molecule has 7 heteroatoms. The van der Waals surface area contributed by atoms with Gasteiger partial charge in [-0.05, 0) is 36.4 Å². The SMILES string of the molecule is O=C1OC(c2cccc(Br)c2)=N/C1=C/c1ccc(N2CCOCC2)s1. The predicted octanol–water partition coefficient (Wildman–Crippen LogP) is 3.69. The first-order chi connectivity index (χ1) is 12.2. The molecule has 1 aromatic heterocycles. The second kappa shape index (κ2) is 7.11. The Morgan fingerprint density at radius 1 is 1.20 bits per heavy atom. The van der Waals surface area contributed by atoms with Gasteiger partial charge >= 0.3 is 5.97 Å². The quantitative estimate of drug-likeness (QED) is 0.563. The van der Waals surface area contributed by atoms with E-state index in [1.165, 1.54) is 5.00 Å². The number of thiophene rings is 1. The number of rotatable bonds is 3. The molecular formula is C18H15BrN2O3S. The molecular weight excluding hydrogens is 404 g/mol. The van der Waals surface area contributed by atoms with Gasteiger partial charge in [0.25, 0.3) is 0 Å². The highest BCUT2D eigenvalue weighted by molar-refractivity contribution is 9.10. The summed E-state index contributed by atoms with van der Waals surface area (Å²) in [6.45, 7) is 3.29. The molecule has 4 rings (SSSR count). The highest BCUT2D eigenvalue weighted by Crippen LogP contribution is 2.29. The topological polar surface area (TPSA) is 51.1 Å². The third kappa shape index (κ3) is 3.68. The molecule has 3 heterocycles. The molecule has 0 spiro atoms. The van der Waals surface area contributed by atoms with Crippen molar-refractivity contribution < 1.29 is 14.3 Å². The summed E-state index contributed by atoms with van der Waals surface area (Å²) in [5, 5.41) is 1.18. The van der Waals surface area contributed by atoms with E-state index in [1.54, 1.807) is 17.4 Å². The van der Waals surface area contributed by atoms with E-state index in [2.05, 4.69) is 31.9 Å². The molecule has 2 aromatic rings. The molecule has 0 saturated carbocycles. The second-order valence-electron chi connectivity index (χ2n) is 5.62. The van der Waals surface area contributed by atoms with E-state index < -0.39 is 5.97 Å². The van der Waals surface area contributed by atoms with Crippen LogP contribution >= 0.6 is 27.3 Å². The van der Waals surface area contributed by atoms with Crippen LogP contribution in [0.25, 0.3) is 6.08 Å². The summed E-state index contributed by atoms with van der Waals surface area (Å²) in [7, 11) is 0. The van der Waals surface area contributed by atoms with Gasteiger partial charge in [-0.25, -0.2) is 9.79 Å². The summed E-state index contributed by atoms with van der Waals surface area (Å²) < 4.78 is 11.6. The van der Waals surface area contributed by atoms with Gasteiger partial charge in [-0.1, -0.05) is 22.0 Å². The first-order valence-corrected chi connectivity index (χ1v) is 9.51. The number of carbonyl (C=O) groups is 1. The van der Waals surface area contributed by atoms with Crippen LogP contribution in [0, 0.1) is 0 Å². The van der Waals surface area contributed by atoms with Crippen molar-refractivity contribution in [2.45, 2.75) is 0 Å². The van der Waals surface area contributed by atoms with Crippen LogP contribution in [0.4, 0.5) is 5.00 Å². The summed E-state index contributed by atoms with van der Waals surface area (Å²) in [5.74, 6) is -0.0844. The van der Waals surface area contributed by atoms with Gasteiger partial charge in [-0.3, -0.25) is 0 Å². The number of esters is 1. The summed E-state index contributed by atoms with van der Waals surface area (Å²) in [6.07, 6.45) is 1.78. The molecule has 0 aliphatic carbocycles. The van der Waals surface area contributed by atoms with Crippen molar-refractivity contribution in [1.82, 2.24) is 0 Å². The Balaban J connectivity index is 1.56. The Hall–Kier alpha value is -1.96. The lowest BCUT2D eigenvalue weighted by atomic mass is 10.2. The number of cyclic esters (lactones) is 1. The highest BCUT2D eigenvalue weighted by Gasteiger charge is 2.24. The van der Waals surface area contributed by atoms with E-state index in [0.29, 0.717) is 11.6 Å². The van der Waals surface area contributed by atoms with Gasteiger partial charge in [-0.2, -0.15) is 0 Å². The van der Waals surface area contributed by atoms with Crippen molar-refractivity contribution in [3.63, 3.8) is 0 Å². The minimum Gasteiger partial charge on any atom is -0.402 e. The maximum absolute atomic E-state index is 12.1. The molecule has 2 aliphatic rings. The van der Waals surface area contributed by atoms with E-state index in [9.17, 15) is 4.79 Å². The third-order valence-corrected chi connectivity index (χ3v) is 5.49. The van der Waals surface area contributed by atoms with Crippen molar-refractivity contribution in [3.8, 4) is 0 Å². The minimum atomic E-state index is -0.420. The van der Waals surface area contributed by atoms with E-state index in [-0.39, 0.29) is 0 Å². The zero-order valence-corrected chi connectivity index (χ0v) is 15.7.